The van der Waals surface area contributed by atoms with E-state index in [0.717, 1.165) is 24.0 Å². The zero-order chi connectivity index (χ0) is 18.4. The molecular weight excluding hydrogens is 316 g/mol. The average molecular weight is 340 g/mol. The van der Waals surface area contributed by atoms with Crippen LogP contribution >= 0.6 is 0 Å². The van der Waals surface area contributed by atoms with Crippen molar-refractivity contribution in [2.75, 3.05) is 0 Å². The van der Waals surface area contributed by atoms with E-state index in [1.54, 1.807) is 24.3 Å². The van der Waals surface area contributed by atoms with Crippen molar-refractivity contribution < 1.29 is 19.1 Å². The lowest BCUT2D eigenvalue weighted by molar-refractivity contribution is -0.158. The van der Waals surface area contributed by atoms with Gasteiger partial charge in [-0.25, -0.2) is 0 Å². The molecule has 0 aliphatic heterocycles. The van der Waals surface area contributed by atoms with Gasteiger partial charge in [0.25, 0.3) is 0 Å². The smallest absolute Gasteiger partial charge is 0.328 e. The van der Waals surface area contributed by atoms with E-state index in [4.69, 9.17) is 9.47 Å². The van der Waals surface area contributed by atoms with Crippen molar-refractivity contribution in [1.29, 1.82) is 0 Å². The SMILES string of the molecule is CCc1ccccc1OC(=O)C(C)(C)C(=O)Oc1ccccc1CC. The second-order valence-electron chi connectivity index (χ2n) is 6.33. The fraction of sp³-hybridized carbons (Fsp3) is 0.333. The first-order valence-electron chi connectivity index (χ1n) is 8.50. The van der Waals surface area contributed by atoms with E-state index >= 15 is 0 Å². The summed E-state index contributed by atoms with van der Waals surface area (Å²) in [6, 6.07) is 14.6. The quantitative estimate of drug-likeness (QED) is 0.446. The predicted molar refractivity (Wildman–Crippen MR) is 96.7 cm³/mol. The van der Waals surface area contributed by atoms with Crippen molar-refractivity contribution in [3.8, 4) is 11.5 Å². The van der Waals surface area contributed by atoms with Crippen LogP contribution < -0.4 is 9.47 Å². The van der Waals surface area contributed by atoms with E-state index in [1.807, 2.05) is 38.1 Å². The summed E-state index contributed by atoms with van der Waals surface area (Å²) < 4.78 is 11.0. The summed E-state index contributed by atoms with van der Waals surface area (Å²) in [6.45, 7) is 6.99. The number of ether oxygens (including phenoxy) is 2. The molecule has 0 heterocycles. The molecule has 0 amide bonds. The van der Waals surface area contributed by atoms with Gasteiger partial charge in [0.2, 0.25) is 0 Å². The highest BCUT2D eigenvalue weighted by atomic mass is 16.6. The molecule has 0 atom stereocenters. The van der Waals surface area contributed by atoms with Crippen LogP contribution in [0.4, 0.5) is 0 Å². The number of carbonyl (C=O) groups is 2. The molecule has 4 heteroatoms. The molecule has 2 aromatic carbocycles. The van der Waals surface area contributed by atoms with Crippen molar-refractivity contribution in [3.05, 3.63) is 59.7 Å². The van der Waals surface area contributed by atoms with Gasteiger partial charge in [0.15, 0.2) is 5.41 Å². The molecule has 0 saturated carbocycles. The van der Waals surface area contributed by atoms with Crippen molar-refractivity contribution in [3.63, 3.8) is 0 Å². The minimum atomic E-state index is -1.41. The molecule has 0 fully saturated rings. The lowest BCUT2D eigenvalue weighted by atomic mass is 9.94. The minimum Gasteiger partial charge on any atom is -0.425 e. The summed E-state index contributed by atoms with van der Waals surface area (Å²) in [5, 5.41) is 0. The molecule has 2 aromatic rings. The Hall–Kier alpha value is -2.62. The van der Waals surface area contributed by atoms with Crippen LogP contribution in [0.5, 0.6) is 11.5 Å². The molecule has 0 radical (unpaired) electrons. The third-order valence-corrected chi connectivity index (χ3v) is 4.13. The van der Waals surface area contributed by atoms with Crippen molar-refractivity contribution in [1.82, 2.24) is 0 Å². The Morgan fingerprint density at radius 1 is 0.760 bits per heavy atom. The van der Waals surface area contributed by atoms with Gasteiger partial charge in [-0.3, -0.25) is 9.59 Å². The fourth-order valence-corrected chi connectivity index (χ4v) is 2.33. The van der Waals surface area contributed by atoms with Gasteiger partial charge in [-0.1, -0.05) is 50.2 Å². The first-order valence-corrected chi connectivity index (χ1v) is 8.50. The summed E-state index contributed by atoms with van der Waals surface area (Å²) in [6.07, 6.45) is 1.47. The molecule has 0 saturated heterocycles. The van der Waals surface area contributed by atoms with Crippen LogP contribution in [0.3, 0.4) is 0 Å². The molecule has 0 bridgehead atoms. The van der Waals surface area contributed by atoms with Gasteiger partial charge in [0.1, 0.15) is 11.5 Å². The molecule has 132 valence electrons. The number of hydrogen-bond donors (Lipinski definition) is 0. The Morgan fingerprint density at radius 2 is 1.12 bits per heavy atom. The van der Waals surface area contributed by atoms with E-state index in [1.165, 1.54) is 13.8 Å². The number of rotatable bonds is 6. The molecule has 0 N–H and O–H groups in total. The lowest BCUT2D eigenvalue weighted by Crippen LogP contribution is -2.40. The second-order valence-corrected chi connectivity index (χ2v) is 6.33. The van der Waals surface area contributed by atoms with Gasteiger partial charge in [-0.15, -0.1) is 0 Å². The van der Waals surface area contributed by atoms with Crippen molar-refractivity contribution in [2.24, 2.45) is 5.41 Å². The molecule has 0 spiro atoms. The van der Waals surface area contributed by atoms with Crippen LogP contribution in [-0.4, -0.2) is 11.9 Å². The third-order valence-electron chi connectivity index (χ3n) is 4.13. The number of aryl methyl sites for hydroxylation is 2. The van der Waals surface area contributed by atoms with Gasteiger partial charge in [-0.05, 0) is 49.9 Å². The van der Waals surface area contributed by atoms with Crippen LogP contribution in [0.1, 0.15) is 38.8 Å². The standard InChI is InChI=1S/C21H24O4/c1-5-15-11-7-9-13-17(15)24-19(22)21(3,4)20(23)25-18-14-10-8-12-16(18)6-2/h7-14H,5-6H2,1-4H3. The number of carbonyl (C=O) groups excluding carboxylic acids is 2. The topological polar surface area (TPSA) is 52.6 Å². The number of esters is 2. The summed E-state index contributed by atoms with van der Waals surface area (Å²) in [5.74, 6) is -0.311. The van der Waals surface area contributed by atoms with Crippen molar-refractivity contribution >= 4 is 11.9 Å². The second kappa shape index (κ2) is 7.97. The van der Waals surface area contributed by atoms with Gasteiger partial charge in [0.05, 0.1) is 0 Å². The van der Waals surface area contributed by atoms with Crippen molar-refractivity contribution in [2.45, 2.75) is 40.5 Å². The highest BCUT2D eigenvalue weighted by Crippen LogP contribution is 2.27. The van der Waals surface area contributed by atoms with E-state index in [9.17, 15) is 9.59 Å². The summed E-state index contributed by atoms with van der Waals surface area (Å²) >= 11 is 0. The van der Waals surface area contributed by atoms with Gasteiger partial charge in [-0.2, -0.15) is 0 Å². The molecule has 0 aliphatic rings. The normalized spacial score (nSPS) is 11.0. The van der Waals surface area contributed by atoms with Crippen LogP contribution in [0.25, 0.3) is 0 Å². The molecule has 25 heavy (non-hydrogen) atoms. The number of hydrogen-bond acceptors (Lipinski definition) is 4. The van der Waals surface area contributed by atoms with Gasteiger partial charge in [0, 0.05) is 0 Å². The van der Waals surface area contributed by atoms with E-state index < -0.39 is 17.4 Å². The zero-order valence-electron chi connectivity index (χ0n) is 15.2. The number of benzene rings is 2. The Labute approximate surface area is 148 Å². The van der Waals surface area contributed by atoms with Gasteiger partial charge < -0.3 is 9.47 Å². The van der Waals surface area contributed by atoms with Crippen LogP contribution in [0.2, 0.25) is 0 Å². The first-order chi connectivity index (χ1) is 11.9. The molecule has 0 aromatic heterocycles. The Balaban J connectivity index is 2.16. The molecule has 4 nitrogen and oxygen atoms in total. The fourth-order valence-electron chi connectivity index (χ4n) is 2.33. The largest absolute Gasteiger partial charge is 0.425 e. The Morgan fingerprint density at radius 3 is 1.48 bits per heavy atom. The third kappa shape index (κ3) is 4.27. The lowest BCUT2D eigenvalue weighted by Gasteiger charge is -2.22. The van der Waals surface area contributed by atoms with Crippen LogP contribution in [0, 0.1) is 5.41 Å². The van der Waals surface area contributed by atoms with E-state index in [2.05, 4.69) is 0 Å². The average Bonchev–Trinajstić information content (AvgIpc) is 2.62. The van der Waals surface area contributed by atoms with Crippen LogP contribution in [-0.2, 0) is 22.4 Å². The van der Waals surface area contributed by atoms with E-state index in [0.29, 0.717) is 11.5 Å². The zero-order valence-corrected chi connectivity index (χ0v) is 15.2. The molecule has 0 aliphatic carbocycles. The minimum absolute atomic E-state index is 0.477. The monoisotopic (exact) mass is 340 g/mol. The maximum atomic E-state index is 12.6. The molecule has 2 rings (SSSR count). The first kappa shape index (κ1) is 18.7. The maximum absolute atomic E-state index is 12.6. The van der Waals surface area contributed by atoms with Gasteiger partial charge >= 0.3 is 11.9 Å². The van der Waals surface area contributed by atoms with E-state index in [-0.39, 0.29) is 0 Å². The summed E-state index contributed by atoms with van der Waals surface area (Å²) in [4.78, 5) is 25.1. The Bertz CT molecular complexity index is 698. The predicted octanol–water partition coefficient (Wildman–Crippen LogP) is 4.35. The molecule has 0 unspecified atom stereocenters. The number of para-hydroxylation sites is 2. The highest BCUT2D eigenvalue weighted by molar-refractivity contribution is 6.00. The summed E-state index contributed by atoms with van der Waals surface area (Å²) in [7, 11) is 0. The van der Waals surface area contributed by atoms with Crippen LogP contribution in [0.15, 0.2) is 48.5 Å². The maximum Gasteiger partial charge on any atom is 0.328 e. The summed E-state index contributed by atoms with van der Waals surface area (Å²) in [5.41, 5.74) is 0.412. The highest BCUT2D eigenvalue weighted by Gasteiger charge is 2.40. The molecular formula is C21H24O4. The Kier molecular flexibility index (Phi) is 5.97.